The predicted octanol–water partition coefficient (Wildman–Crippen LogP) is 1.24. The summed E-state index contributed by atoms with van der Waals surface area (Å²) in [6.07, 6.45) is 2.32. The Morgan fingerprint density at radius 2 is 1.85 bits per heavy atom. The highest BCUT2D eigenvalue weighted by atomic mass is 16.2. The molecule has 0 fully saturated rings. The van der Waals surface area contributed by atoms with Crippen molar-refractivity contribution < 1.29 is 4.79 Å². The zero-order valence-electron chi connectivity index (χ0n) is 9.10. The first-order valence-electron chi connectivity index (χ1n) is 5.24. The molecule has 0 aliphatic carbocycles. The molecule has 0 heterocycles. The second-order valence-electron chi connectivity index (χ2n) is 3.10. The molecule has 0 aliphatic heterocycles. The van der Waals surface area contributed by atoms with Crippen LogP contribution in [0.5, 0.6) is 0 Å². The van der Waals surface area contributed by atoms with Crippen LogP contribution in [0.15, 0.2) is 0 Å². The van der Waals surface area contributed by atoms with Gasteiger partial charge >= 0.3 is 0 Å². The summed E-state index contributed by atoms with van der Waals surface area (Å²) >= 11 is 0. The van der Waals surface area contributed by atoms with E-state index in [9.17, 15) is 4.79 Å². The molecule has 0 aromatic rings. The van der Waals surface area contributed by atoms with Crippen molar-refractivity contribution in [3.05, 3.63) is 0 Å². The van der Waals surface area contributed by atoms with E-state index in [4.69, 9.17) is 0 Å². The van der Waals surface area contributed by atoms with Gasteiger partial charge in [0.2, 0.25) is 5.91 Å². The van der Waals surface area contributed by atoms with Crippen LogP contribution in [-0.2, 0) is 4.79 Å². The molecule has 0 bridgehead atoms. The summed E-state index contributed by atoms with van der Waals surface area (Å²) in [5.74, 6) is 0.209. The summed E-state index contributed by atoms with van der Waals surface area (Å²) in [7, 11) is 0. The molecule has 0 aromatic carbocycles. The first-order valence-corrected chi connectivity index (χ1v) is 5.24. The lowest BCUT2D eigenvalue weighted by Gasteiger charge is -2.18. The smallest absolute Gasteiger partial charge is 0.236 e. The van der Waals surface area contributed by atoms with Gasteiger partial charge in [-0.15, -0.1) is 0 Å². The van der Waals surface area contributed by atoms with Crippen molar-refractivity contribution in [3.63, 3.8) is 0 Å². The van der Waals surface area contributed by atoms with Gasteiger partial charge in [0.15, 0.2) is 0 Å². The highest BCUT2D eigenvalue weighted by Gasteiger charge is 2.07. The van der Waals surface area contributed by atoms with Gasteiger partial charge in [0.1, 0.15) is 0 Å². The van der Waals surface area contributed by atoms with Crippen molar-refractivity contribution in [2.75, 3.05) is 26.2 Å². The molecule has 0 rings (SSSR count). The van der Waals surface area contributed by atoms with Gasteiger partial charge in [0.05, 0.1) is 6.54 Å². The monoisotopic (exact) mass is 186 g/mol. The molecular weight excluding hydrogens is 164 g/mol. The minimum atomic E-state index is 0.209. The Balaban J connectivity index is 3.48. The van der Waals surface area contributed by atoms with E-state index in [1.165, 1.54) is 6.42 Å². The average Bonchev–Trinajstić information content (AvgIpc) is 2.14. The molecule has 0 radical (unpaired) electrons. The number of amides is 1. The van der Waals surface area contributed by atoms with Gasteiger partial charge in [-0.2, -0.15) is 0 Å². The van der Waals surface area contributed by atoms with Crippen LogP contribution >= 0.6 is 0 Å². The van der Waals surface area contributed by atoms with E-state index in [2.05, 4.69) is 12.2 Å². The molecule has 1 amide bonds. The summed E-state index contributed by atoms with van der Waals surface area (Å²) in [5, 5.41) is 3.14. The summed E-state index contributed by atoms with van der Waals surface area (Å²) in [6.45, 7) is 9.22. The highest BCUT2D eigenvalue weighted by Crippen LogP contribution is 1.88. The van der Waals surface area contributed by atoms with Gasteiger partial charge in [-0.05, 0) is 26.8 Å². The quantitative estimate of drug-likeness (QED) is 0.607. The number of hydrogen-bond donors (Lipinski definition) is 1. The summed E-state index contributed by atoms with van der Waals surface area (Å²) in [6, 6.07) is 0. The fraction of sp³-hybridized carbons (Fsp3) is 0.900. The molecule has 78 valence electrons. The van der Waals surface area contributed by atoms with E-state index < -0.39 is 0 Å². The fourth-order valence-electron chi connectivity index (χ4n) is 1.19. The maximum absolute atomic E-state index is 11.4. The second-order valence-corrected chi connectivity index (χ2v) is 3.10. The number of rotatable bonds is 7. The highest BCUT2D eigenvalue weighted by molar-refractivity contribution is 5.78. The predicted molar refractivity (Wildman–Crippen MR) is 55.7 cm³/mol. The van der Waals surface area contributed by atoms with Gasteiger partial charge < -0.3 is 10.2 Å². The molecule has 0 atom stereocenters. The Morgan fingerprint density at radius 1 is 1.23 bits per heavy atom. The minimum absolute atomic E-state index is 0.209. The molecule has 3 heteroatoms. The Hall–Kier alpha value is -0.570. The first-order chi connectivity index (χ1) is 6.26. The maximum atomic E-state index is 11.4. The molecule has 0 saturated heterocycles. The Labute approximate surface area is 81.5 Å². The number of unbranched alkanes of at least 4 members (excludes halogenated alkanes) is 1. The zero-order valence-corrected chi connectivity index (χ0v) is 9.10. The summed E-state index contributed by atoms with van der Waals surface area (Å²) < 4.78 is 0. The van der Waals surface area contributed by atoms with Crippen LogP contribution < -0.4 is 5.32 Å². The van der Waals surface area contributed by atoms with E-state index in [-0.39, 0.29) is 5.91 Å². The number of nitrogens with zero attached hydrogens (tertiary/aromatic N) is 1. The van der Waals surface area contributed by atoms with Crippen molar-refractivity contribution in [3.8, 4) is 0 Å². The van der Waals surface area contributed by atoms with Crippen molar-refractivity contribution >= 4 is 5.91 Å². The third-order valence-electron chi connectivity index (χ3n) is 2.10. The van der Waals surface area contributed by atoms with Crippen LogP contribution in [0, 0.1) is 0 Å². The Bertz CT molecular complexity index is 133. The largest absolute Gasteiger partial charge is 0.342 e. The fourth-order valence-corrected chi connectivity index (χ4v) is 1.19. The normalized spacial score (nSPS) is 10.1. The number of carbonyl (C=O) groups is 1. The number of carbonyl (C=O) groups excluding carboxylic acids is 1. The summed E-state index contributed by atoms with van der Waals surface area (Å²) in [5.41, 5.74) is 0. The zero-order chi connectivity index (χ0) is 10.1. The van der Waals surface area contributed by atoms with Crippen molar-refractivity contribution in [1.82, 2.24) is 10.2 Å². The van der Waals surface area contributed by atoms with E-state index >= 15 is 0 Å². The standard InChI is InChI=1S/C10H22N2O/c1-4-7-8-11-9-10(13)12(5-2)6-3/h11H,4-9H2,1-3H3. The lowest BCUT2D eigenvalue weighted by molar-refractivity contribution is -0.129. The van der Waals surface area contributed by atoms with Gasteiger partial charge in [0.25, 0.3) is 0 Å². The van der Waals surface area contributed by atoms with Crippen molar-refractivity contribution in [2.24, 2.45) is 0 Å². The molecule has 3 nitrogen and oxygen atoms in total. The third-order valence-corrected chi connectivity index (χ3v) is 2.10. The molecule has 0 unspecified atom stereocenters. The Morgan fingerprint density at radius 3 is 2.31 bits per heavy atom. The summed E-state index contributed by atoms with van der Waals surface area (Å²) in [4.78, 5) is 13.3. The molecule has 13 heavy (non-hydrogen) atoms. The van der Waals surface area contributed by atoms with Crippen molar-refractivity contribution in [1.29, 1.82) is 0 Å². The molecule has 1 N–H and O–H groups in total. The molecule has 0 aliphatic rings. The molecule has 0 spiro atoms. The van der Waals surface area contributed by atoms with Crippen LogP contribution in [0.4, 0.5) is 0 Å². The van der Waals surface area contributed by atoms with Crippen molar-refractivity contribution in [2.45, 2.75) is 33.6 Å². The third kappa shape index (κ3) is 5.64. The van der Waals surface area contributed by atoms with Gasteiger partial charge in [-0.3, -0.25) is 4.79 Å². The molecular formula is C10H22N2O. The van der Waals surface area contributed by atoms with Crippen LogP contribution in [0.3, 0.4) is 0 Å². The lowest BCUT2D eigenvalue weighted by atomic mass is 10.3. The lowest BCUT2D eigenvalue weighted by Crippen LogP contribution is -2.38. The number of nitrogens with one attached hydrogen (secondary N) is 1. The van der Waals surface area contributed by atoms with Gasteiger partial charge in [-0.1, -0.05) is 13.3 Å². The van der Waals surface area contributed by atoms with Crippen LogP contribution in [-0.4, -0.2) is 37.0 Å². The average molecular weight is 186 g/mol. The Kier molecular flexibility index (Phi) is 7.69. The van der Waals surface area contributed by atoms with E-state index in [1.54, 1.807) is 0 Å². The number of likely N-dealkylation sites (N-methyl/N-ethyl adjacent to an activating group) is 1. The van der Waals surface area contributed by atoms with Gasteiger partial charge in [-0.25, -0.2) is 0 Å². The SMILES string of the molecule is CCCCNCC(=O)N(CC)CC. The van der Waals surface area contributed by atoms with Crippen LogP contribution in [0.2, 0.25) is 0 Å². The first kappa shape index (κ1) is 12.4. The topological polar surface area (TPSA) is 32.3 Å². The molecule has 0 aromatic heterocycles. The van der Waals surface area contributed by atoms with Crippen LogP contribution in [0.1, 0.15) is 33.6 Å². The van der Waals surface area contributed by atoms with Crippen LogP contribution in [0.25, 0.3) is 0 Å². The van der Waals surface area contributed by atoms with E-state index in [0.717, 1.165) is 26.1 Å². The molecule has 0 saturated carbocycles. The maximum Gasteiger partial charge on any atom is 0.236 e. The minimum Gasteiger partial charge on any atom is -0.342 e. The second kappa shape index (κ2) is 8.05. The van der Waals surface area contributed by atoms with E-state index in [0.29, 0.717) is 6.54 Å². The van der Waals surface area contributed by atoms with Gasteiger partial charge in [0, 0.05) is 13.1 Å². The number of hydrogen-bond acceptors (Lipinski definition) is 2. The van der Waals surface area contributed by atoms with E-state index in [1.807, 2.05) is 18.7 Å².